The molecule has 4 heteroatoms. The highest BCUT2D eigenvalue weighted by Crippen LogP contribution is 2.24. The van der Waals surface area contributed by atoms with Gasteiger partial charge in [-0.1, -0.05) is 13.8 Å². The Labute approximate surface area is 110 Å². The van der Waals surface area contributed by atoms with E-state index >= 15 is 0 Å². The number of nitrogens with one attached hydrogen (secondary N) is 1. The Hall–Kier alpha value is -1.16. The van der Waals surface area contributed by atoms with E-state index in [0.717, 1.165) is 30.4 Å². The quantitative estimate of drug-likeness (QED) is 0.885. The zero-order valence-corrected chi connectivity index (χ0v) is 11.9. The van der Waals surface area contributed by atoms with Gasteiger partial charge in [-0.05, 0) is 26.7 Å². The van der Waals surface area contributed by atoms with E-state index in [1.807, 2.05) is 13.8 Å². The Balaban J connectivity index is 2.10. The molecule has 4 nitrogen and oxygen atoms in total. The summed E-state index contributed by atoms with van der Waals surface area (Å²) in [6, 6.07) is 3.21. The number of rotatable bonds is 4. The van der Waals surface area contributed by atoms with E-state index in [2.05, 4.69) is 40.1 Å². The first-order valence-electron chi connectivity index (χ1n) is 6.88. The van der Waals surface area contributed by atoms with Crippen molar-refractivity contribution in [2.75, 3.05) is 18.0 Å². The van der Waals surface area contributed by atoms with Gasteiger partial charge >= 0.3 is 0 Å². The molecule has 18 heavy (non-hydrogen) atoms. The molecule has 1 aromatic heterocycles. The second-order valence-electron chi connectivity index (χ2n) is 5.47. The smallest absolute Gasteiger partial charge is 0.132 e. The number of hydrogen-bond acceptors (Lipinski definition) is 4. The Bertz CT molecular complexity index is 383. The van der Waals surface area contributed by atoms with Gasteiger partial charge in [-0.15, -0.1) is 0 Å². The third kappa shape index (κ3) is 3.19. The van der Waals surface area contributed by atoms with Crippen molar-refractivity contribution in [1.82, 2.24) is 15.3 Å². The molecule has 100 valence electrons. The third-order valence-corrected chi connectivity index (χ3v) is 3.39. The fourth-order valence-electron chi connectivity index (χ4n) is 2.57. The van der Waals surface area contributed by atoms with E-state index in [1.54, 1.807) is 0 Å². The van der Waals surface area contributed by atoms with Crippen LogP contribution in [-0.4, -0.2) is 35.1 Å². The van der Waals surface area contributed by atoms with Crippen LogP contribution in [0.2, 0.25) is 0 Å². The molecular weight excluding hydrogens is 224 g/mol. The van der Waals surface area contributed by atoms with Crippen molar-refractivity contribution in [3.8, 4) is 0 Å². The maximum Gasteiger partial charge on any atom is 0.132 e. The maximum absolute atomic E-state index is 4.58. The molecule has 1 unspecified atom stereocenters. The van der Waals surface area contributed by atoms with E-state index in [0.29, 0.717) is 12.1 Å². The number of aromatic nitrogens is 2. The molecule has 0 aromatic carbocycles. The van der Waals surface area contributed by atoms with Crippen molar-refractivity contribution in [1.29, 1.82) is 0 Å². The van der Waals surface area contributed by atoms with Crippen LogP contribution in [0.5, 0.6) is 0 Å². The van der Waals surface area contributed by atoms with Gasteiger partial charge in [0.2, 0.25) is 0 Å². The zero-order valence-electron chi connectivity index (χ0n) is 11.9. The summed E-state index contributed by atoms with van der Waals surface area (Å²) in [6.07, 6.45) is 2.51. The molecule has 1 N–H and O–H groups in total. The first-order valence-corrected chi connectivity index (χ1v) is 6.88. The summed E-state index contributed by atoms with van der Waals surface area (Å²) in [7, 11) is 0. The monoisotopic (exact) mass is 248 g/mol. The largest absolute Gasteiger partial charge is 0.352 e. The van der Waals surface area contributed by atoms with Crippen molar-refractivity contribution in [3.05, 3.63) is 17.6 Å². The van der Waals surface area contributed by atoms with Crippen molar-refractivity contribution in [3.63, 3.8) is 0 Å². The van der Waals surface area contributed by atoms with Crippen LogP contribution in [0.4, 0.5) is 5.82 Å². The normalized spacial score (nSPS) is 19.8. The Morgan fingerprint density at radius 3 is 2.83 bits per heavy atom. The molecule has 1 fully saturated rings. The summed E-state index contributed by atoms with van der Waals surface area (Å²) in [5.74, 6) is 1.96. The van der Waals surface area contributed by atoms with E-state index in [4.69, 9.17) is 0 Å². The summed E-state index contributed by atoms with van der Waals surface area (Å²) in [5.41, 5.74) is 1.06. The first kappa shape index (κ1) is 13.3. The molecular formula is C14H24N4. The summed E-state index contributed by atoms with van der Waals surface area (Å²) in [6.45, 7) is 10.5. The standard InChI is InChI=1S/C14H24N4/c1-10(2)15-9-13-6-5-7-18(13)14-8-11(3)16-12(4)17-14/h8,10,13,15H,5-7,9H2,1-4H3. The fraction of sp³-hybridized carbons (Fsp3) is 0.714. The summed E-state index contributed by atoms with van der Waals surface area (Å²) in [4.78, 5) is 11.4. The van der Waals surface area contributed by atoms with Crippen molar-refractivity contribution >= 4 is 5.82 Å². The molecule has 0 amide bonds. The number of anilines is 1. The van der Waals surface area contributed by atoms with Gasteiger partial charge in [0.1, 0.15) is 11.6 Å². The van der Waals surface area contributed by atoms with E-state index < -0.39 is 0 Å². The minimum absolute atomic E-state index is 0.543. The summed E-state index contributed by atoms with van der Waals surface area (Å²) >= 11 is 0. The molecule has 2 heterocycles. The SMILES string of the molecule is Cc1cc(N2CCCC2CNC(C)C)nc(C)n1. The topological polar surface area (TPSA) is 41.0 Å². The lowest BCUT2D eigenvalue weighted by Crippen LogP contribution is -2.40. The third-order valence-electron chi connectivity index (χ3n) is 3.39. The summed E-state index contributed by atoms with van der Waals surface area (Å²) < 4.78 is 0. The van der Waals surface area contributed by atoms with Gasteiger partial charge in [0, 0.05) is 36.9 Å². The highest BCUT2D eigenvalue weighted by atomic mass is 15.2. The number of aryl methyl sites for hydroxylation is 2. The van der Waals surface area contributed by atoms with Crippen LogP contribution in [-0.2, 0) is 0 Å². The Kier molecular flexibility index (Phi) is 4.17. The van der Waals surface area contributed by atoms with Crippen LogP contribution >= 0.6 is 0 Å². The molecule has 1 aliphatic rings. The lowest BCUT2D eigenvalue weighted by Gasteiger charge is -2.27. The van der Waals surface area contributed by atoms with E-state index in [-0.39, 0.29) is 0 Å². The van der Waals surface area contributed by atoms with Crippen LogP contribution in [0, 0.1) is 13.8 Å². The van der Waals surface area contributed by atoms with Gasteiger partial charge in [-0.2, -0.15) is 0 Å². The molecule has 0 saturated carbocycles. The molecule has 1 atom stereocenters. The number of nitrogens with zero attached hydrogens (tertiary/aromatic N) is 3. The fourth-order valence-corrected chi connectivity index (χ4v) is 2.57. The van der Waals surface area contributed by atoms with Crippen LogP contribution in [0.15, 0.2) is 6.07 Å². The zero-order chi connectivity index (χ0) is 13.1. The second kappa shape index (κ2) is 5.65. The first-order chi connectivity index (χ1) is 8.56. The molecule has 0 spiro atoms. The number of hydrogen-bond donors (Lipinski definition) is 1. The summed E-state index contributed by atoms with van der Waals surface area (Å²) in [5, 5.41) is 3.53. The van der Waals surface area contributed by atoms with Crippen molar-refractivity contribution < 1.29 is 0 Å². The lowest BCUT2D eigenvalue weighted by molar-refractivity contribution is 0.522. The minimum Gasteiger partial charge on any atom is -0.352 e. The van der Waals surface area contributed by atoms with Gasteiger partial charge in [0.25, 0.3) is 0 Å². The van der Waals surface area contributed by atoms with E-state index in [9.17, 15) is 0 Å². The molecule has 0 aliphatic carbocycles. The van der Waals surface area contributed by atoms with Gasteiger partial charge in [-0.25, -0.2) is 9.97 Å². The molecule has 1 aliphatic heterocycles. The highest BCUT2D eigenvalue weighted by Gasteiger charge is 2.25. The van der Waals surface area contributed by atoms with E-state index in [1.165, 1.54) is 12.8 Å². The molecule has 2 rings (SSSR count). The maximum atomic E-state index is 4.58. The van der Waals surface area contributed by atoms with Gasteiger partial charge in [0.05, 0.1) is 0 Å². The van der Waals surface area contributed by atoms with Crippen molar-refractivity contribution in [2.24, 2.45) is 0 Å². The average molecular weight is 248 g/mol. The second-order valence-corrected chi connectivity index (χ2v) is 5.47. The van der Waals surface area contributed by atoms with Crippen LogP contribution < -0.4 is 10.2 Å². The van der Waals surface area contributed by atoms with Gasteiger partial charge < -0.3 is 10.2 Å². The minimum atomic E-state index is 0.543. The van der Waals surface area contributed by atoms with Crippen LogP contribution in [0.25, 0.3) is 0 Å². The van der Waals surface area contributed by atoms with Gasteiger partial charge in [0.15, 0.2) is 0 Å². The predicted octanol–water partition coefficient (Wildman–Crippen LogP) is 2.06. The van der Waals surface area contributed by atoms with Crippen molar-refractivity contribution in [2.45, 2.75) is 52.6 Å². The van der Waals surface area contributed by atoms with Gasteiger partial charge in [-0.3, -0.25) is 0 Å². The Morgan fingerprint density at radius 2 is 2.17 bits per heavy atom. The predicted molar refractivity (Wildman–Crippen MR) is 75.0 cm³/mol. The molecule has 1 saturated heterocycles. The highest BCUT2D eigenvalue weighted by molar-refractivity contribution is 5.42. The Morgan fingerprint density at radius 1 is 1.39 bits per heavy atom. The average Bonchev–Trinajstić information content (AvgIpc) is 2.72. The molecule has 0 radical (unpaired) electrons. The molecule has 0 bridgehead atoms. The van der Waals surface area contributed by atoms with Crippen LogP contribution in [0.1, 0.15) is 38.2 Å². The lowest BCUT2D eigenvalue weighted by atomic mass is 10.2. The van der Waals surface area contributed by atoms with Crippen LogP contribution in [0.3, 0.4) is 0 Å². The molecule has 1 aromatic rings.